The molecule has 0 radical (unpaired) electrons. The molecule has 2 N–H and O–H groups in total. The predicted octanol–water partition coefficient (Wildman–Crippen LogP) is 6.25. The number of alkyl halides is 6. The number of aromatic nitrogens is 3. The molecule has 4 rings (SSSR count). The van der Waals surface area contributed by atoms with E-state index >= 15 is 0 Å². The van der Waals surface area contributed by atoms with Crippen molar-refractivity contribution >= 4 is 58.1 Å². The van der Waals surface area contributed by atoms with Gasteiger partial charge in [0.1, 0.15) is 5.75 Å². The van der Waals surface area contributed by atoms with Crippen molar-refractivity contribution in [3.8, 4) is 17.5 Å². The molecule has 2 amide bonds. The lowest BCUT2D eigenvalue weighted by atomic mass is 10.1. The highest BCUT2D eigenvalue weighted by molar-refractivity contribution is 6.67. The molecule has 0 unspecified atom stereocenters. The van der Waals surface area contributed by atoms with E-state index in [2.05, 4.69) is 20.7 Å². The van der Waals surface area contributed by atoms with Gasteiger partial charge in [-0.3, -0.25) is 4.79 Å². The van der Waals surface area contributed by atoms with Crippen molar-refractivity contribution in [3.05, 3.63) is 78.0 Å². The SMILES string of the molecule is O=C(NCC(Cl)(Cl)Cl)Oc1cn2nc(Oc3cccc(NC(=O)c4cccc(C(F)(F)F)c4)c3)ccc2n1. The van der Waals surface area contributed by atoms with Crippen LogP contribution in [0.25, 0.3) is 5.65 Å². The van der Waals surface area contributed by atoms with Gasteiger partial charge in [0.25, 0.3) is 5.91 Å². The maximum absolute atomic E-state index is 12.9. The van der Waals surface area contributed by atoms with Crippen molar-refractivity contribution in [1.82, 2.24) is 19.9 Å². The van der Waals surface area contributed by atoms with Gasteiger partial charge in [0.05, 0.1) is 18.3 Å². The maximum Gasteiger partial charge on any atom is 0.416 e. The summed E-state index contributed by atoms with van der Waals surface area (Å²) in [6.07, 6.45) is -4.14. The Morgan fingerprint density at radius 3 is 2.47 bits per heavy atom. The highest BCUT2D eigenvalue weighted by Gasteiger charge is 2.31. The molecule has 38 heavy (non-hydrogen) atoms. The number of anilines is 1. The van der Waals surface area contributed by atoms with Crippen LogP contribution in [0, 0.1) is 0 Å². The lowest BCUT2D eigenvalue weighted by Gasteiger charge is -2.10. The first-order chi connectivity index (χ1) is 17.9. The van der Waals surface area contributed by atoms with E-state index in [-0.39, 0.29) is 35.3 Å². The standard InChI is InChI=1S/C23H15Cl3F3N5O4/c24-22(25,26)12-30-21(36)38-19-11-34-17(32-19)7-8-18(33-34)37-16-6-2-5-15(10-16)31-20(35)13-3-1-4-14(9-13)23(27,28)29/h1-11H,12H2,(H,30,36)(H,31,35). The Balaban J connectivity index is 1.42. The normalized spacial score (nSPS) is 11.7. The number of hydrogen-bond acceptors (Lipinski definition) is 6. The fourth-order valence-corrected chi connectivity index (χ4v) is 3.25. The van der Waals surface area contributed by atoms with Crippen LogP contribution in [0.15, 0.2) is 66.9 Å². The van der Waals surface area contributed by atoms with Gasteiger partial charge in [-0.05, 0) is 36.4 Å². The van der Waals surface area contributed by atoms with E-state index in [1.807, 2.05) is 0 Å². The zero-order valence-electron chi connectivity index (χ0n) is 18.8. The van der Waals surface area contributed by atoms with E-state index < -0.39 is 27.5 Å². The van der Waals surface area contributed by atoms with Crippen molar-refractivity contribution in [2.45, 2.75) is 9.97 Å². The molecule has 9 nitrogen and oxygen atoms in total. The Morgan fingerprint density at radius 2 is 1.74 bits per heavy atom. The van der Waals surface area contributed by atoms with E-state index in [4.69, 9.17) is 44.3 Å². The zero-order chi connectivity index (χ0) is 27.5. The molecule has 2 aromatic carbocycles. The Kier molecular flexibility index (Phi) is 7.86. The average molecular weight is 589 g/mol. The average Bonchev–Trinajstić information content (AvgIpc) is 3.23. The third-order valence-corrected chi connectivity index (χ3v) is 5.07. The minimum absolute atomic E-state index is 0.0734. The summed E-state index contributed by atoms with van der Waals surface area (Å²) in [5, 5.41) is 9.02. The third-order valence-electron chi connectivity index (χ3n) is 4.67. The largest absolute Gasteiger partial charge is 0.438 e. The number of rotatable bonds is 6. The topological polar surface area (TPSA) is 107 Å². The first-order valence-corrected chi connectivity index (χ1v) is 11.6. The number of carbonyl (C=O) groups is 2. The van der Waals surface area contributed by atoms with Gasteiger partial charge in [0.15, 0.2) is 5.65 Å². The number of benzene rings is 2. The van der Waals surface area contributed by atoms with Crippen LogP contribution >= 0.6 is 34.8 Å². The third kappa shape index (κ3) is 7.40. The predicted molar refractivity (Wildman–Crippen MR) is 133 cm³/mol. The van der Waals surface area contributed by atoms with E-state index in [0.717, 1.165) is 18.2 Å². The molecule has 198 valence electrons. The first kappa shape index (κ1) is 27.3. The van der Waals surface area contributed by atoms with Gasteiger partial charge in [0.2, 0.25) is 15.6 Å². The zero-order valence-corrected chi connectivity index (χ0v) is 21.1. The number of fused-ring (bicyclic) bond motifs is 1. The number of nitrogens with one attached hydrogen (secondary N) is 2. The van der Waals surface area contributed by atoms with Crippen LogP contribution in [0.5, 0.6) is 17.5 Å². The highest BCUT2D eigenvalue weighted by Crippen LogP contribution is 2.30. The Labute approximate surface area is 227 Å². The molecule has 15 heteroatoms. The van der Waals surface area contributed by atoms with Crippen LogP contribution in [-0.2, 0) is 6.18 Å². The molecule has 0 aliphatic heterocycles. The number of hydrogen-bond donors (Lipinski definition) is 2. The summed E-state index contributed by atoms with van der Waals surface area (Å²) in [5.74, 6) is -0.391. The molecule has 0 aliphatic rings. The molecule has 0 atom stereocenters. The minimum atomic E-state index is -4.57. The van der Waals surface area contributed by atoms with Gasteiger partial charge in [-0.2, -0.15) is 18.2 Å². The van der Waals surface area contributed by atoms with Crippen molar-refractivity contribution in [3.63, 3.8) is 0 Å². The Hall–Kier alpha value is -3.74. The van der Waals surface area contributed by atoms with Gasteiger partial charge in [0, 0.05) is 23.4 Å². The van der Waals surface area contributed by atoms with Gasteiger partial charge >= 0.3 is 12.3 Å². The van der Waals surface area contributed by atoms with Crippen LogP contribution in [0.3, 0.4) is 0 Å². The first-order valence-electron chi connectivity index (χ1n) is 10.5. The summed E-state index contributed by atoms with van der Waals surface area (Å²) in [6, 6.07) is 13.3. The van der Waals surface area contributed by atoms with E-state index in [9.17, 15) is 22.8 Å². The highest BCUT2D eigenvalue weighted by atomic mass is 35.6. The second-order valence-electron chi connectivity index (χ2n) is 7.57. The lowest BCUT2D eigenvalue weighted by Crippen LogP contribution is -2.34. The molecular formula is C23H15Cl3F3N5O4. The Morgan fingerprint density at radius 1 is 0.974 bits per heavy atom. The van der Waals surface area contributed by atoms with E-state index in [0.29, 0.717) is 5.65 Å². The molecule has 0 saturated heterocycles. The van der Waals surface area contributed by atoms with Crippen molar-refractivity contribution in [2.24, 2.45) is 0 Å². The van der Waals surface area contributed by atoms with Crippen LogP contribution in [-0.4, -0.2) is 36.9 Å². The summed E-state index contributed by atoms with van der Waals surface area (Å²) >= 11 is 16.7. The van der Waals surface area contributed by atoms with Crippen molar-refractivity contribution < 1.29 is 32.2 Å². The second kappa shape index (κ2) is 10.9. The second-order valence-corrected chi connectivity index (χ2v) is 10.1. The molecule has 2 aromatic heterocycles. The molecule has 0 fully saturated rings. The smallest absolute Gasteiger partial charge is 0.416 e. The Bertz CT molecular complexity index is 1490. The van der Waals surface area contributed by atoms with Crippen LogP contribution < -0.4 is 20.1 Å². The monoisotopic (exact) mass is 587 g/mol. The summed E-state index contributed by atoms with van der Waals surface area (Å²) in [6.45, 7) is -0.278. The molecule has 0 spiro atoms. The van der Waals surface area contributed by atoms with Gasteiger partial charge in [-0.1, -0.05) is 46.9 Å². The fraction of sp³-hybridized carbons (Fsp3) is 0.130. The molecule has 2 heterocycles. The van der Waals surface area contributed by atoms with Crippen molar-refractivity contribution in [1.29, 1.82) is 0 Å². The molecule has 0 aliphatic carbocycles. The van der Waals surface area contributed by atoms with Crippen LogP contribution in [0.2, 0.25) is 0 Å². The molecule has 0 bridgehead atoms. The molecular weight excluding hydrogens is 574 g/mol. The van der Waals surface area contributed by atoms with Crippen molar-refractivity contribution in [2.75, 3.05) is 11.9 Å². The minimum Gasteiger partial charge on any atom is -0.438 e. The molecule has 0 saturated carbocycles. The van der Waals surface area contributed by atoms with E-state index in [1.165, 1.54) is 28.9 Å². The summed E-state index contributed by atoms with van der Waals surface area (Å²) in [5.41, 5.74) is -0.466. The number of ether oxygens (including phenoxy) is 2. The van der Waals surface area contributed by atoms with Crippen LogP contribution in [0.1, 0.15) is 15.9 Å². The fourth-order valence-electron chi connectivity index (χ4n) is 3.05. The van der Waals surface area contributed by atoms with Gasteiger partial charge in [-0.15, -0.1) is 5.10 Å². The summed E-state index contributed by atoms with van der Waals surface area (Å²) in [7, 11) is 0. The number of nitrogens with zero attached hydrogens (tertiary/aromatic N) is 3. The number of carbonyl (C=O) groups excluding carboxylic acids is 2. The van der Waals surface area contributed by atoms with E-state index in [1.54, 1.807) is 24.3 Å². The lowest BCUT2D eigenvalue weighted by molar-refractivity contribution is -0.137. The number of halogens is 6. The van der Waals surface area contributed by atoms with Crippen LogP contribution in [0.4, 0.5) is 23.7 Å². The quantitative estimate of drug-likeness (QED) is 0.258. The molecule has 4 aromatic rings. The number of amides is 2. The van der Waals surface area contributed by atoms with Gasteiger partial charge < -0.3 is 20.1 Å². The van der Waals surface area contributed by atoms with Gasteiger partial charge in [-0.25, -0.2) is 9.31 Å². The summed E-state index contributed by atoms with van der Waals surface area (Å²) < 4.78 is 49.2. The summed E-state index contributed by atoms with van der Waals surface area (Å²) in [4.78, 5) is 28.4. The maximum atomic E-state index is 12.9. The number of imidazole rings is 1.